The number of anilines is 1. The van der Waals surface area contributed by atoms with E-state index in [1.165, 1.54) is 16.7 Å². The van der Waals surface area contributed by atoms with E-state index in [-0.39, 0.29) is 17.6 Å². The minimum Gasteiger partial charge on any atom is -0.345 e. The molecule has 0 saturated heterocycles. The number of rotatable bonds is 6. The standard InChI is InChI=1S/C15H19N5O2S/c1-4-12-17-15(19-18-12)23-9-13(21)16-11-7-5-6-10(8-11)14(22)20(2)3/h5-8H,4,9H2,1-3H3,(H,16,21)(H,17,18,19). The van der Waals surface area contributed by atoms with Crippen LogP contribution in [0.1, 0.15) is 23.1 Å². The van der Waals surface area contributed by atoms with Gasteiger partial charge >= 0.3 is 0 Å². The van der Waals surface area contributed by atoms with Crippen LogP contribution in [0.4, 0.5) is 5.69 Å². The molecular weight excluding hydrogens is 314 g/mol. The van der Waals surface area contributed by atoms with Crippen molar-refractivity contribution in [3.8, 4) is 0 Å². The fourth-order valence-corrected chi connectivity index (χ4v) is 2.43. The SMILES string of the molecule is CCc1nc(SCC(=O)Nc2cccc(C(=O)N(C)C)c2)n[nH]1. The third-order valence-electron chi connectivity index (χ3n) is 2.98. The van der Waals surface area contributed by atoms with Crippen molar-refractivity contribution in [3.63, 3.8) is 0 Å². The number of thioether (sulfide) groups is 1. The van der Waals surface area contributed by atoms with Crippen LogP contribution >= 0.6 is 11.8 Å². The first-order valence-corrected chi connectivity index (χ1v) is 8.13. The highest BCUT2D eigenvalue weighted by atomic mass is 32.2. The van der Waals surface area contributed by atoms with Gasteiger partial charge in [0.2, 0.25) is 11.1 Å². The summed E-state index contributed by atoms with van der Waals surface area (Å²) in [6.07, 6.45) is 0.770. The molecule has 8 heteroatoms. The highest BCUT2D eigenvalue weighted by molar-refractivity contribution is 7.99. The van der Waals surface area contributed by atoms with Crippen LogP contribution in [0, 0.1) is 0 Å². The number of hydrogen-bond acceptors (Lipinski definition) is 5. The number of aromatic amines is 1. The Hall–Kier alpha value is -2.35. The second-order valence-corrected chi connectivity index (χ2v) is 5.98. The summed E-state index contributed by atoms with van der Waals surface area (Å²) in [5.74, 6) is 0.714. The van der Waals surface area contributed by atoms with Crippen LogP contribution in [0.15, 0.2) is 29.4 Å². The van der Waals surface area contributed by atoms with Crippen molar-refractivity contribution >= 4 is 29.3 Å². The number of carbonyl (C=O) groups is 2. The van der Waals surface area contributed by atoms with E-state index < -0.39 is 0 Å². The molecule has 23 heavy (non-hydrogen) atoms. The van der Waals surface area contributed by atoms with Crippen molar-refractivity contribution in [2.75, 3.05) is 25.2 Å². The Kier molecular flexibility index (Phi) is 5.75. The summed E-state index contributed by atoms with van der Waals surface area (Å²) in [7, 11) is 3.37. The average Bonchev–Trinajstić information content (AvgIpc) is 3.00. The number of H-pyrrole nitrogens is 1. The lowest BCUT2D eigenvalue weighted by molar-refractivity contribution is -0.113. The maximum atomic E-state index is 12.0. The second kappa shape index (κ2) is 7.77. The van der Waals surface area contributed by atoms with E-state index in [9.17, 15) is 9.59 Å². The quantitative estimate of drug-likeness (QED) is 0.787. The van der Waals surface area contributed by atoms with E-state index in [1.54, 1.807) is 38.4 Å². The Balaban J connectivity index is 1.92. The molecule has 2 aromatic rings. The molecule has 0 fully saturated rings. The molecule has 1 heterocycles. The maximum absolute atomic E-state index is 12.0. The zero-order valence-corrected chi connectivity index (χ0v) is 14.1. The minimum atomic E-state index is -0.174. The number of carbonyl (C=O) groups excluding carboxylic acids is 2. The third kappa shape index (κ3) is 4.82. The highest BCUT2D eigenvalue weighted by Gasteiger charge is 2.10. The van der Waals surface area contributed by atoms with Crippen molar-refractivity contribution in [2.24, 2.45) is 0 Å². The number of benzene rings is 1. The molecule has 2 amide bonds. The summed E-state index contributed by atoms with van der Waals surface area (Å²) in [5, 5.41) is 10.1. The lowest BCUT2D eigenvalue weighted by Crippen LogP contribution is -2.22. The molecular formula is C15H19N5O2S. The summed E-state index contributed by atoms with van der Waals surface area (Å²) >= 11 is 1.26. The smallest absolute Gasteiger partial charge is 0.253 e. The van der Waals surface area contributed by atoms with Crippen LogP contribution in [-0.2, 0) is 11.2 Å². The molecule has 1 aromatic carbocycles. The fraction of sp³-hybridized carbons (Fsp3) is 0.333. The summed E-state index contributed by atoms with van der Waals surface area (Å²) in [6.45, 7) is 1.98. The second-order valence-electron chi connectivity index (χ2n) is 5.04. The predicted octanol–water partition coefficient (Wildman–Crippen LogP) is 1.80. The Labute approximate surface area is 138 Å². The predicted molar refractivity (Wildman–Crippen MR) is 89.6 cm³/mol. The van der Waals surface area contributed by atoms with E-state index >= 15 is 0 Å². The molecule has 2 N–H and O–H groups in total. The Bertz CT molecular complexity index is 699. The van der Waals surface area contributed by atoms with Crippen LogP contribution in [0.2, 0.25) is 0 Å². The first-order valence-electron chi connectivity index (χ1n) is 7.15. The molecule has 2 rings (SSSR count). The normalized spacial score (nSPS) is 10.4. The summed E-state index contributed by atoms with van der Waals surface area (Å²) < 4.78 is 0. The van der Waals surface area contributed by atoms with Crippen LogP contribution < -0.4 is 5.32 Å². The van der Waals surface area contributed by atoms with Gasteiger partial charge in [0.15, 0.2) is 0 Å². The number of aryl methyl sites for hydroxylation is 1. The minimum absolute atomic E-state index is 0.108. The maximum Gasteiger partial charge on any atom is 0.253 e. The zero-order valence-electron chi connectivity index (χ0n) is 13.3. The van der Waals surface area contributed by atoms with Crippen LogP contribution in [-0.4, -0.2) is 51.7 Å². The molecule has 0 unspecified atom stereocenters. The molecule has 0 atom stereocenters. The molecule has 0 spiro atoms. The molecule has 1 aromatic heterocycles. The monoisotopic (exact) mass is 333 g/mol. The molecule has 0 aliphatic heterocycles. The van der Waals surface area contributed by atoms with E-state index in [1.807, 2.05) is 6.92 Å². The highest BCUT2D eigenvalue weighted by Crippen LogP contribution is 2.15. The van der Waals surface area contributed by atoms with Gasteiger partial charge in [-0.15, -0.1) is 5.10 Å². The van der Waals surface area contributed by atoms with Crippen molar-refractivity contribution < 1.29 is 9.59 Å². The summed E-state index contributed by atoms with van der Waals surface area (Å²) in [5.41, 5.74) is 1.12. The molecule has 0 bridgehead atoms. The van der Waals surface area contributed by atoms with E-state index in [0.29, 0.717) is 16.4 Å². The van der Waals surface area contributed by atoms with Gasteiger partial charge in [-0.25, -0.2) is 4.98 Å². The van der Waals surface area contributed by atoms with Gasteiger partial charge in [0.25, 0.3) is 5.91 Å². The lowest BCUT2D eigenvalue weighted by atomic mass is 10.2. The van der Waals surface area contributed by atoms with E-state index in [2.05, 4.69) is 20.5 Å². The first kappa shape index (κ1) is 17.0. The zero-order chi connectivity index (χ0) is 16.8. The number of nitrogens with zero attached hydrogens (tertiary/aromatic N) is 3. The fourth-order valence-electron chi connectivity index (χ4n) is 1.82. The van der Waals surface area contributed by atoms with Crippen LogP contribution in [0.3, 0.4) is 0 Å². The summed E-state index contributed by atoms with van der Waals surface area (Å²) in [4.78, 5) is 29.6. The van der Waals surface area contributed by atoms with E-state index in [4.69, 9.17) is 0 Å². The van der Waals surface area contributed by atoms with Crippen molar-refractivity contribution in [1.82, 2.24) is 20.1 Å². The largest absolute Gasteiger partial charge is 0.345 e. The van der Waals surface area contributed by atoms with Gasteiger partial charge in [0.1, 0.15) is 5.82 Å². The van der Waals surface area contributed by atoms with Gasteiger partial charge in [-0.3, -0.25) is 14.7 Å². The molecule has 0 saturated carbocycles. The van der Waals surface area contributed by atoms with Crippen LogP contribution in [0.25, 0.3) is 0 Å². The van der Waals surface area contributed by atoms with Crippen LogP contribution in [0.5, 0.6) is 0 Å². The average molecular weight is 333 g/mol. The third-order valence-corrected chi connectivity index (χ3v) is 3.83. The van der Waals surface area contributed by atoms with Gasteiger partial charge in [-0.05, 0) is 18.2 Å². The van der Waals surface area contributed by atoms with Gasteiger partial charge in [-0.1, -0.05) is 24.8 Å². The van der Waals surface area contributed by atoms with E-state index in [0.717, 1.165) is 12.2 Å². The van der Waals surface area contributed by atoms with Crippen molar-refractivity contribution in [1.29, 1.82) is 0 Å². The van der Waals surface area contributed by atoms with Crippen molar-refractivity contribution in [3.05, 3.63) is 35.7 Å². The Morgan fingerprint density at radius 2 is 2.13 bits per heavy atom. The van der Waals surface area contributed by atoms with Crippen molar-refractivity contribution in [2.45, 2.75) is 18.5 Å². The van der Waals surface area contributed by atoms with Gasteiger partial charge in [0.05, 0.1) is 5.75 Å². The molecule has 0 radical (unpaired) electrons. The Morgan fingerprint density at radius 1 is 1.35 bits per heavy atom. The summed E-state index contributed by atoms with van der Waals surface area (Å²) in [6, 6.07) is 6.86. The number of nitrogens with one attached hydrogen (secondary N) is 2. The number of amides is 2. The topological polar surface area (TPSA) is 91.0 Å². The van der Waals surface area contributed by atoms with Gasteiger partial charge in [-0.2, -0.15) is 0 Å². The molecule has 0 aliphatic carbocycles. The van der Waals surface area contributed by atoms with Gasteiger partial charge in [0, 0.05) is 31.8 Å². The number of hydrogen-bond donors (Lipinski definition) is 2. The first-order chi connectivity index (χ1) is 11.0. The molecule has 122 valence electrons. The lowest BCUT2D eigenvalue weighted by Gasteiger charge is -2.11. The van der Waals surface area contributed by atoms with Gasteiger partial charge < -0.3 is 10.2 Å². The molecule has 0 aliphatic rings. The Morgan fingerprint density at radius 3 is 2.78 bits per heavy atom. The molecule has 7 nitrogen and oxygen atoms in total. The number of aromatic nitrogens is 3.